The third-order valence-corrected chi connectivity index (χ3v) is 9.10. The molecule has 0 bridgehead atoms. The van der Waals surface area contributed by atoms with E-state index in [9.17, 15) is 32.7 Å². The van der Waals surface area contributed by atoms with E-state index < -0.39 is 40.4 Å². The van der Waals surface area contributed by atoms with E-state index >= 15 is 0 Å². The van der Waals surface area contributed by atoms with Gasteiger partial charge in [0.15, 0.2) is 11.5 Å². The van der Waals surface area contributed by atoms with E-state index in [1.165, 1.54) is 28.4 Å². The summed E-state index contributed by atoms with van der Waals surface area (Å²) in [6, 6.07) is 6.72. The van der Waals surface area contributed by atoms with Gasteiger partial charge < -0.3 is 25.0 Å². The van der Waals surface area contributed by atoms with Crippen LogP contribution in [0.2, 0.25) is 0 Å². The van der Waals surface area contributed by atoms with Gasteiger partial charge >= 0.3 is 28.4 Å². The van der Waals surface area contributed by atoms with Crippen molar-refractivity contribution in [3.63, 3.8) is 0 Å². The minimum Gasteiger partial charge on any atom is -0.465 e. The summed E-state index contributed by atoms with van der Waals surface area (Å²) < 4.78 is 33.2. The topological polar surface area (TPSA) is 203 Å². The summed E-state index contributed by atoms with van der Waals surface area (Å²) in [6.45, 7) is -0.164. The van der Waals surface area contributed by atoms with Gasteiger partial charge in [0.2, 0.25) is 0 Å². The van der Waals surface area contributed by atoms with Crippen molar-refractivity contribution in [2.75, 3.05) is 44.6 Å². The number of piperazine rings is 1. The lowest BCUT2D eigenvalue weighted by Gasteiger charge is -2.33. The first-order valence-electron chi connectivity index (χ1n) is 13.8. The lowest BCUT2D eigenvalue weighted by Crippen LogP contribution is -2.55. The number of hydrogen-bond donors (Lipinski definition) is 4. The van der Waals surface area contributed by atoms with Gasteiger partial charge in [-0.2, -0.15) is 12.7 Å². The van der Waals surface area contributed by atoms with Crippen molar-refractivity contribution in [3.05, 3.63) is 53.5 Å². The van der Waals surface area contributed by atoms with E-state index in [2.05, 4.69) is 20.6 Å². The lowest BCUT2D eigenvalue weighted by atomic mass is 10.1. The molecule has 17 heteroatoms. The first-order valence-corrected chi connectivity index (χ1v) is 15.2. The Hall–Kier alpha value is -4.51. The van der Waals surface area contributed by atoms with Gasteiger partial charge in [0.1, 0.15) is 6.61 Å². The molecule has 16 nitrogen and oxygen atoms in total. The Balaban J connectivity index is 1.10. The zero-order valence-electron chi connectivity index (χ0n) is 23.1. The number of carboxylic acid groups (broad SMARTS) is 1. The van der Waals surface area contributed by atoms with Crippen molar-refractivity contribution in [3.8, 4) is 0 Å². The zero-order valence-corrected chi connectivity index (χ0v) is 24.0. The fourth-order valence-corrected chi connectivity index (χ4v) is 6.50. The number of urea groups is 1. The summed E-state index contributed by atoms with van der Waals surface area (Å²) in [6.07, 6.45) is 2.86. The molecule has 0 spiro atoms. The smallest absolute Gasteiger partial charge is 0.421 e. The second-order valence-electron chi connectivity index (χ2n) is 10.4. The number of hydrogen-bond acceptors (Lipinski definition) is 9. The Bertz CT molecular complexity index is 1470. The Labute approximate surface area is 247 Å². The number of nitrogens with zero attached hydrogens (tertiary/aromatic N) is 5. The average Bonchev–Trinajstić information content (AvgIpc) is 3.63. The monoisotopic (exact) mass is 616 g/mol. The van der Waals surface area contributed by atoms with Crippen LogP contribution in [0.5, 0.6) is 0 Å². The maximum atomic E-state index is 13.0. The summed E-state index contributed by atoms with van der Waals surface area (Å²) in [5, 5.41) is 14.7. The lowest BCUT2D eigenvalue weighted by molar-refractivity contribution is 0.0934. The standard InChI is InChI=1S/C26H32N8O8S/c35-23(29-19-14-17-4-1-2-5-18(17)15-19)21-22(28-8-7-27-21)30-24(36)32-10-12-33(13-11-32)43(40,41)31-25(37)42-16-20-6-3-9-34(20)26(38)39/h1-2,4-5,7-8,19-20H,3,6,9-16H2,(H,29,35)(H,31,37)(H,38,39)(H,28,30,36). The number of ether oxygens (including phenoxy) is 1. The summed E-state index contributed by atoms with van der Waals surface area (Å²) in [5.41, 5.74) is 2.30. The van der Waals surface area contributed by atoms with Crippen molar-refractivity contribution < 1.29 is 37.4 Å². The predicted molar refractivity (Wildman–Crippen MR) is 150 cm³/mol. The van der Waals surface area contributed by atoms with Crippen LogP contribution in [-0.4, -0.2) is 113 Å². The van der Waals surface area contributed by atoms with Gasteiger partial charge in [-0.25, -0.2) is 29.1 Å². The Morgan fingerprint density at radius 2 is 1.65 bits per heavy atom. The van der Waals surface area contributed by atoms with Crippen LogP contribution in [0, 0.1) is 0 Å². The first kappa shape index (κ1) is 30.0. The van der Waals surface area contributed by atoms with Crippen LogP contribution in [-0.2, 0) is 27.8 Å². The SMILES string of the molecule is O=C(NS(=O)(=O)N1CCN(C(=O)Nc2nccnc2C(=O)NC2Cc3ccccc3C2)CC1)OCC1CCCN1C(=O)O. The summed E-state index contributed by atoms with van der Waals surface area (Å²) in [7, 11) is -4.27. The van der Waals surface area contributed by atoms with Gasteiger partial charge in [0.25, 0.3) is 5.91 Å². The van der Waals surface area contributed by atoms with E-state index in [1.54, 1.807) is 0 Å². The number of anilines is 1. The molecule has 0 saturated carbocycles. The molecule has 43 heavy (non-hydrogen) atoms. The van der Waals surface area contributed by atoms with Gasteiger partial charge in [-0.15, -0.1) is 0 Å². The van der Waals surface area contributed by atoms with Crippen LogP contribution in [0.3, 0.4) is 0 Å². The number of aromatic nitrogens is 2. The molecule has 5 amide bonds. The summed E-state index contributed by atoms with van der Waals surface area (Å²) in [4.78, 5) is 60.1. The Morgan fingerprint density at radius 3 is 2.33 bits per heavy atom. The fraction of sp³-hybridized carbons (Fsp3) is 0.462. The highest BCUT2D eigenvalue weighted by Gasteiger charge is 2.33. The van der Waals surface area contributed by atoms with Crippen molar-refractivity contribution in [2.45, 2.75) is 37.8 Å². The van der Waals surface area contributed by atoms with Gasteiger partial charge in [-0.05, 0) is 36.8 Å². The molecule has 1 aromatic carbocycles. The molecule has 5 rings (SSSR count). The molecule has 3 aliphatic rings. The minimum atomic E-state index is -4.27. The second kappa shape index (κ2) is 12.8. The molecule has 2 aliphatic heterocycles. The second-order valence-corrected chi connectivity index (χ2v) is 12.1. The van der Waals surface area contributed by atoms with E-state index in [-0.39, 0.29) is 50.3 Å². The molecular formula is C26H32N8O8S. The number of benzene rings is 1. The number of fused-ring (bicyclic) bond motifs is 1. The van der Waals surface area contributed by atoms with Crippen LogP contribution in [0.25, 0.3) is 0 Å². The number of carbonyl (C=O) groups excluding carboxylic acids is 3. The largest absolute Gasteiger partial charge is 0.465 e. The molecule has 0 radical (unpaired) electrons. The van der Waals surface area contributed by atoms with Gasteiger partial charge in [-0.1, -0.05) is 24.3 Å². The maximum absolute atomic E-state index is 13.0. The van der Waals surface area contributed by atoms with E-state index in [0.717, 1.165) is 9.21 Å². The molecule has 3 heterocycles. The van der Waals surface area contributed by atoms with Crippen molar-refractivity contribution in [1.82, 2.24) is 34.1 Å². The summed E-state index contributed by atoms with van der Waals surface area (Å²) in [5.74, 6) is -0.498. The summed E-state index contributed by atoms with van der Waals surface area (Å²) >= 11 is 0. The molecule has 2 aromatic rings. The van der Waals surface area contributed by atoms with Gasteiger partial charge in [0.05, 0.1) is 6.04 Å². The third kappa shape index (κ3) is 7.11. The number of rotatable bonds is 7. The molecule has 230 valence electrons. The van der Waals surface area contributed by atoms with Crippen molar-refractivity contribution in [1.29, 1.82) is 0 Å². The van der Waals surface area contributed by atoms with Crippen LogP contribution >= 0.6 is 0 Å². The number of amides is 5. The fourth-order valence-electron chi connectivity index (χ4n) is 5.45. The van der Waals surface area contributed by atoms with Crippen LogP contribution in [0.1, 0.15) is 34.5 Å². The molecule has 1 atom stereocenters. The van der Waals surface area contributed by atoms with Crippen LogP contribution in [0.4, 0.5) is 20.2 Å². The molecule has 1 aromatic heterocycles. The molecule has 4 N–H and O–H groups in total. The Morgan fingerprint density at radius 1 is 0.977 bits per heavy atom. The number of nitrogens with one attached hydrogen (secondary N) is 3. The van der Waals surface area contributed by atoms with Gasteiger partial charge in [0, 0.05) is 51.2 Å². The van der Waals surface area contributed by atoms with Crippen LogP contribution < -0.4 is 15.4 Å². The van der Waals surface area contributed by atoms with Crippen molar-refractivity contribution >= 4 is 40.2 Å². The third-order valence-electron chi connectivity index (χ3n) is 7.63. The first-order chi connectivity index (χ1) is 20.6. The number of likely N-dealkylation sites (tertiary alicyclic amines) is 1. The maximum Gasteiger partial charge on any atom is 0.421 e. The van der Waals surface area contributed by atoms with E-state index in [4.69, 9.17) is 4.74 Å². The molecule has 2 saturated heterocycles. The minimum absolute atomic E-state index is 0.000435. The molecule has 1 unspecified atom stereocenters. The molecule has 1 aliphatic carbocycles. The highest BCUT2D eigenvalue weighted by atomic mass is 32.2. The highest BCUT2D eigenvalue weighted by molar-refractivity contribution is 7.87. The molecule has 2 fully saturated rings. The molecular weight excluding hydrogens is 584 g/mol. The zero-order chi connectivity index (χ0) is 30.6. The number of carbonyl (C=O) groups is 4. The average molecular weight is 617 g/mol. The predicted octanol–water partition coefficient (Wildman–Crippen LogP) is 0.637. The highest BCUT2D eigenvalue weighted by Crippen LogP contribution is 2.22. The Kier molecular flexibility index (Phi) is 8.91. The van der Waals surface area contributed by atoms with Crippen LogP contribution in [0.15, 0.2) is 36.7 Å². The quantitative estimate of drug-likeness (QED) is 0.342. The normalized spacial score (nSPS) is 19.0. The van der Waals surface area contributed by atoms with Gasteiger partial charge in [-0.3, -0.25) is 10.1 Å². The van der Waals surface area contributed by atoms with E-state index in [1.807, 2.05) is 29.0 Å². The van der Waals surface area contributed by atoms with Crippen molar-refractivity contribution in [2.24, 2.45) is 0 Å². The van der Waals surface area contributed by atoms with E-state index in [0.29, 0.717) is 32.2 Å².